The van der Waals surface area contributed by atoms with Gasteiger partial charge in [0.05, 0.1) is 11.4 Å². The molecule has 132 valence electrons. The molecule has 0 spiro atoms. The molecule has 4 rings (SSSR count). The van der Waals surface area contributed by atoms with Gasteiger partial charge in [-0.1, -0.05) is 6.07 Å². The molecule has 4 heteroatoms. The van der Waals surface area contributed by atoms with E-state index in [4.69, 9.17) is 0 Å². The summed E-state index contributed by atoms with van der Waals surface area (Å²) in [6.45, 7) is 3.93. The van der Waals surface area contributed by atoms with Crippen LogP contribution in [-0.4, -0.2) is 9.97 Å². The fourth-order valence-corrected chi connectivity index (χ4v) is 3.05. The molecular formula is C23H22N4+2. The van der Waals surface area contributed by atoms with Gasteiger partial charge in [-0.25, -0.2) is 9.13 Å². The average molecular weight is 354 g/mol. The lowest BCUT2D eigenvalue weighted by atomic mass is 10.1. The standard InChI is InChI=1S/C23H22N4/c1-2-26-13-7-20(8-14-26)21-9-15-27(16-10-21)18-19-6-12-25-23(17-19)22-5-3-4-11-24-22/h3-17H,2,18H2,1H3/q+2. The maximum atomic E-state index is 4.45. The summed E-state index contributed by atoms with van der Waals surface area (Å²) in [5, 5.41) is 0. The van der Waals surface area contributed by atoms with E-state index in [9.17, 15) is 0 Å². The lowest BCUT2D eigenvalue weighted by Crippen LogP contribution is -2.33. The molecular weight excluding hydrogens is 332 g/mol. The summed E-state index contributed by atoms with van der Waals surface area (Å²) in [6, 6.07) is 18.7. The second-order valence-electron chi connectivity index (χ2n) is 6.44. The number of pyridine rings is 4. The first-order chi connectivity index (χ1) is 13.3. The van der Waals surface area contributed by atoms with Crippen LogP contribution in [0.5, 0.6) is 0 Å². The van der Waals surface area contributed by atoms with E-state index in [0.717, 1.165) is 24.5 Å². The van der Waals surface area contributed by atoms with Crippen LogP contribution in [0.2, 0.25) is 0 Å². The van der Waals surface area contributed by atoms with Gasteiger partial charge in [-0.3, -0.25) is 9.97 Å². The zero-order valence-electron chi connectivity index (χ0n) is 15.4. The van der Waals surface area contributed by atoms with Crippen LogP contribution < -0.4 is 9.13 Å². The third-order valence-corrected chi connectivity index (χ3v) is 4.60. The minimum atomic E-state index is 0.799. The van der Waals surface area contributed by atoms with E-state index in [2.05, 4.69) is 81.1 Å². The summed E-state index contributed by atoms with van der Waals surface area (Å²) >= 11 is 0. The molecule has 0 fully saturated rings. The van der Waals surface area contributed by atoms with Crippen molar-refractivity contribution >= 4 is 0 Å². The van der Waals surface area contributed by atoms with Crippen molar-refractivity contribution in [1.29, 1.82) is 0 Å². The molecule has 4 aromatic heterocycles. The molecule has 0 bridgehead atoms. The Hall–Kier alpha value is -3.40. The predicted molar refractivity (Wildman–Crippen MR) is 105 cm³/mol. The third kappa shape index (κ3) is 4.06. The van der Waals surface area contributed by atoms with Crippen molar-refractivity contribution in [2.75, 3.05) is 0 Å². The fourth-order valence-electron chi connectivity index (χ4n) is 3.05. The Bertz CT molecular complexity index is 1010. The Morgan fingerprint density at radius 3 is 2.00 bits per heavy atom. The van der Waals surface area contributed by atoms with Crippen LogP contribution in [0.15, 0.2) is 91.8 Å². The van der Waals surface area contributed by atoms with Crippen LogP contribution in [0.1, 0.15) is 12.5 Å². The predicted octanol–water partition coefficient (Wildman–Crippen LogP) is 3.45. The Labute approximate surface area is 159 Å². The highest BCUT2D eigenvalue weighted by atomic mass is 14.9. The zero-order chi connectivity index (χ0) is 18.5. The van der Waals surface area contributed by atoms with E-state index < -0.39 is 0 Å². The molecule has 0 radical (unpaired) electrons. The normalized spacial score (nSPS) is 10.7. The van der Waals surface area contributed by atoms with Crippen LogP contribution in [0.25, 0.3) is 22.5 Å². The molecule has 0 unspecified atom stereocenters. The van der Waals surface area contributed by atoms with Gasteiger partial charge < -0.3 is 0 Å². The molecule has 0 aromatic carbocycles. The third-order valence-electron chi connectivity index (χ3n) is 4.60. The van der Waals surface area contributed by atoms with Crippen LogP contribution in [0, 0.1) is 0 Å². The van der Waals surface area contributed by atoms with Crippen molar-refractivity contribution in [3.05, 3.63) is 97.3 Å². The second kappa shape index (κ2) is 7.87. The summed E-state index contributed by atoms with van der Waals surface area (Å²) < 4.78 is 4.34. The molecule has 0 amide bonds. The maximum Gasteiger partial charge on any atom is 0.173 e. The van der Waals surface area contributed by atoms with Crippen molar-refractivity contribution in [3.63, 3.8) is 0 Å². The van der Waals surface area contributed by atoms with Gasteiger partial charge in [-0.2, -0.15) is 0 Å². The highest BCUT2D eigenvalue weighted by molar-refractivity contribution is 5.61. The quantitative estimate of drug-likeness (QED) is 0.514. The summed E-state index contributed by atoms with van der Waals surface area (Å²) in [5.41, 5.74) is 5.45. The number of aryl methyl sites for hydroxylation is 1. The van der Waals surface area contributed by atoms with Crippen LogP contribution in [0.4, 0.5) is 0 Å². The van der Waals surface area contributed by atoms with E-state index in [0.29, 0.717) is 0 Å². The molecule has 4 heterocycles. The summed E-state index contributed by atoms with van der Waals surface area (Å²) in [6.07, 6.45) is 12.1. The highest BCUT2D eigenvalue weighted by Crippen LogP contribution is 2.17. The average Bonchev–Trinajstić information content (AvgIpc) is 2.75. The van der Waals surface area contributed by atoms with E-state index >= 15 is 0 Å². The molecule has 0 aliphatic carbocycles. The molecule has 4 aromatic rings. The molecule has 4 nitrogen and oxygen atoms in total. The number of aromatic nitrogens is 4. The van der Waals surface area contributed by atoms with Crippen molar-refractivity contribution in [2.45, 2.75) is 20.0 Å². The molecule has 0 saturated heterocycles. The number of nitrogens with zero attached hydrogens (tertiary/aromatic N) is 4. The smallest absolute Gasteiger partial charge is 0.173 e. The molecule has 27 heavy (non-hydrogen) atoms. The maximum absolute atomic E-state index is 4.45. The second-order valence-corrected chi connectivity index (χ2v) is 6.44. The monoisotopic (exact) mass is 354 g/mol. The van der Waals surface area contributed by atoms with Crippen LogP contribution in [0.3, 0.4) is 0 Å². The van der Waals surface area contributed by atoms with Gasteiger partial charge >= 0.3 is 0 Å². The van der Waals surface area contributed by atoms with Gasteiger partial charge in [0.25, 0.3) is 0 Å². The van der Waals surface area contributed by atoms with Gasteiger partial charge in [0.15, 0.2) is 31.3 Å². The molecule has 0 aliphatic heterocycles. The lowest BCUT2D eigenvalue weighted by Gasteiger charge is -2.03. The highest BCUT2D eigenvalue weighted by Gasteiger charge is 2.08. The summed E-state index contributed by atoms with van der Waals surface area (Å²) in [7, 11) is 0. The van der Waals surface area contributed by atoms with Crippen molar-refractivity contribution in [2.24, 2.45) is 0 Å². The van der Waals surface area contributed by atoms with E-state index in [1.54, 1.807) is 6.20 Å². The van der Waals surface area contributed by atoms with E-state index in [1.165, 1.54) is 16.7 Å². The van der Waals surface area contributed by atoms with Crippen LogP contribution in [-0.2, 0) is 13.1 Å². The first kappa shape index (κ1) is 17.0. The van der Waals surface area contributed by atoms with Gasteiger partial charge in [0, 0.05) is 42.2 Å². The SMILES string of the molecule is CC[n+]1ccc(-c2cc[n+](Cc3ccnc(-c4ccccn4)c3)cc2)cc1. The molecule has 0 atom stereocenters. The minimum Gasteiger partial charge on any atom is -0.255 e. The van der Waals surface area contributed by atoms with Gasteiger partial charge in [-0.15, -0.1) is 0 Å². The van der Waals surface area contributed by atoms with Gasteiger partial charge in [0.1, 0.15) is 6.54 Å². The Balaban J connectivity index is 1.51. The van der Waals surface area contributed by atoms with E-state index in [1.807, 2.05) is 30.5 Å². The molecule has 0 saturated carbocycles. The molecule has 0 N–H and O–H groups in total. The zero-order valence-corrected chi connectivity index (χ0v) is 15.4. The number of rotatable bonds is 5. The topological polar surface area (TPSA) is 33.5 Å². The van der Waals surface area contributed by atoms with Gasteiger partial charge in [-0.05, 0) is 42.3 Å². The van der Waals surface area contributed by atoms with Crippen LogP contribution >= 0.6 is 0 Å². The van der Waals surface area contributed by atoms with Crippen molar-refractivity contribution in [3.8, 4) is 22.5 Å². The minimum absolute atomic E-state index is 0.799. The number of hydrogen-bond acceptors (Lipinski definition) is 2. The Morgan fingerprint density at radius 2 is 1.37 bits per heavy atom. The lowest BCUT2D eigenvalue weighted by molar-refractivity contribution is -0.693. The largest absolute Gasteiger partial charge is 0.255 e. The van der Waals surface area contributed by atoms with Crippen molar-refractivity contribution in [1.82, 2.24) is 9.97 Å². The Kier molecular flexibility index (Phi) is 4.97. The Morgan fingerprint density at radius 1 is 0.704 bits per heavy atom. The summed E-state index contributed by atoms with van der Waals surface area (Å²) in [4.78, 5) is 8.83. The summed E-state index contributed by atoms with van der Waals surface area (Å²) in [5.74, 6) is 0. The van der Waals surface area contributed by atoms with E-state index in [-0.39, 0.29) is 0 Å². The first-order valence-corrected chi connectivity index (χ1v) is 9.17. The number of hydrogen-bond donors (Lipinski definition) is 0. The fraction of sp³-hybridized carbons (Fsp3) is 0.130. The van der Waals surface area contributed by atoms with Crippen molar-refractivity contribution < 1.29 is 9.13 Å². The van der Waals surface area contributed by atoms with Gasteiger partial charge in [0.2, 0.25) is 0 Å². The molecule has 0 aliphatic rings. The first-order valence-electron chi connectivity index (χ1n) is 9.17.